The van der Waals surface area contributed by atoms with Crippen LogP contribution in [0.3, 0.4) is 0 Å². The zero-order valence-corrected chi connectivity index (χ0v) is 19.6. The van der Waals surface area contributed by atoms with Crippen LogP contribution in [0, 0.1) is 0 Å². The van der Waals surface area contributed by atoms with Crippen molar-refractivity contribution in [3.05, 3.63) is 0 Å². The number of nitrogens with zero attached hydrogens (tertiary/aromatic N) is 2. The minimum absolute atomic E-state index is 0.0969. The molecule has 0 bridgehead atoms. The van der Waals surface area contributed by atoms with E-state index in [1.165, 1.54) is 4.90 Å². The van der Waals surface area contributed by atoms with Crippen molar-refractivity contribution in [3.63, 3.8) is 0 Å². The summed E-state index contributed by atoms with van der Waals surface area (Å²) in [4.78, 5) is 65.4. The van der Waals surface area contributed by atoms with Crippen LogP contribution in [0.2, 0.25) is 0 Å². The Hall–Kier alpha value is -3.07. The van der Waals surface area contributed by atoms with Crippen LogP contribution in [-0.2, 0) is 24.0 Å². The summed E-state index contributed by atoms with van der Waals surface area (Å²) in [7, 11) is 0. The number of rotatable bonds is 14. The summed E-state index contributed by atoms with van der Waals surface area (Å²) >= 11 is 4.08. The molecule has 1 aliphatic rings. The summed E-state index contributed by atoms with van der Waals surface area (Å²) in [5.74, 6) is -4.66. The Bertz CT molecular complexity index is 791. The molecule has 15 heteroatoms. The van der Waals surface area contributed by atoms with Crippen LogP contribution in [0.15, 0.2) is 4.99 Å². The lowest BCUT2D eigenvalue weighted by Crippen LogP contribution is -2.57. The van der Waals surface area contributed by atoms with Crippen molar-refractivity contribution in [2.24, 2.45) is 22.2 Å². The van der Waals surface area contributed by atoms with E-state index in [-0.39, 0.29) is 37.6 Å². The van der Waals surface area contributed by atoms with Crippen molar-refractivity contribution in [1.82, 2.24) is 15.5 Å². The smallest absolute Gasteiger partial charge is 0.326 e. The summed E-state index contributed by atoms with van der Waals surface area (Å²) in [6.07, 6.45) is 0.739. The zero-order valence-electron chi connectivity index (χ0n) is 18.7. The van der Waals surface area contributed by atoms with Crippen molar-refractivity contribution < 1.29 is 34.2 Å². The second-order valence-electron chi connectivity index (χ2n) is 7.82. The maximum Gasteiger partial charge on any atom is 0.326 e. The standard InChI is InChI=1S/C19H33N7O7S/c20-10(3-1-7-23-19(21)22)15(29)24-11(5-6-14(27)28)16(30)25-12(9-34)17(31)26-8-2-4-13(26)18(32)33/h10-13,34H,1-9,20H2,(H,24,29)(H,25,30)(H,27,28)(H,32,33)(H4,21,22,23). The molecule has 0 spiro atoms. The third kappa shape index (κ3) is 9.43. The van der Waals surface area contributed by atoms with Crippen LogP contribution in [0.1, 0.15) is 38.5 Å². The third-order valence-electron chi connectivity index (χ3n) is 5.20. The fourth-order valence-electron chi connectivity index (χ4n) is 3.41. The van der Waals surface area contributed by atoms with E-state index >= 15 is 0 Å². The SMILES string of the molecule is NC(N)=NCCCC(N)C(=O)NC(CCC(=O)O)C(=O)NC(CS)C(=O)N1CCCC1C(=O)O. The van der Waals surface area contributed by atoms with Crippen LogP contribution in [-0.4, -0.2) is 93.7 Å². The van der Waals surface area contributed by atoms with Crippen molar-refractivity contribution in [1.29, 1.82) is 0 Å². The van der Waals surface area contributed by atoms with Gasteiger partial charge in [-0.25, -0.2) is 4.79 Å². The number of carbonyl (C=O) groups excluding carboxylic acids is 3. The van der Waals surface area contributed by atoms with E-state index in [0.717, 1.165) is 0 Å². The first-order valence-electron chi connectivity index (χ1n) is 10.8. The molecule has 1 saturated heterocycles. The quantitative estimate of drug-likeness (QED) is 0.0524. The number of amides is 3. The molecule has 4 atom stereocenters. The number of guanidine groups is 1. The first kappa shape index (κ1) is 29.0. The highest BCUT2D eigenvalue weighted by atomic mass is 32.1. The highest BCUT2D eigenvalue weighted by Gasteiger charge is 2.38. The molecule has 0 saturated carbocycles. The summed E-state index contributed by atoms with van der Waals surface area (Å²) in [6, 6.07) is -4.44. The number of nitrogens with one attached hydrogen (secondary N) is 2. The van der Waals surface area contributed by atoms with Gasteiger partial charge in [-0.05, 0) is 32.1 Å². The maximum absolute atomic E-state index is 12.8. The van der Waals surface area contributed by atoms with Gasteiger partial charge in [0.05, 0.1) is 6.04 Å². The Balaban J connectivity index is 2.82. The highest BCUT2D eigenvalue weighted by molar-refractivity contribution is 7.80. The van der Waals surface area contributed by atoms with Gasteiger partial charge < -0.3 is 42.9 Å². The number of carboxylic acid groups (broad SMARTS) is 2. The van der Waals surface area contributed by atoms with E-state index in [1.54, 1.807) is 0 Å². The number of carboxylic acids is 2. The van der Waals surface area contributed by atoms with E-state index in [2.05, 4.69) is 28.3 Å². The topological polar surface area (TPSA) is 244 Å². The Morgan fingerprint density at radius 2 is 1.71 bits per heavy atom. The molecule has 0 aromatic heterocycles. The molecule has 0 aromatic rings. The molecule has 4 unspecified atom stereocenters. The van der Waals surface area contributed by atoms with Gasteiger partial charge in [0.2, 0.25) is 17.7 Å². The summed E-state index contributed by atoms with van der Waals surface area (Å²) in [5, 5.41) is 23.1. The number of hydrogen-bond acceptors (Lipinski definition) is 8. The lowest BCUT2D eigenvalue weighted by Gasteiger charge is -2.28. The molecule has 1 fully saturated rings. The average molecular weight is 504 g/mol. The molecular weight excluding hydrogens is 470 g/mol. The van der Waals surface area contributed by atoms with Crippen LogP contribution in [0.25, 0.3) is 0 Å². The minimum Gasteiger partial charge on any atom is -0.481 e. The second-order valence-corrected chi connectivity index (χ2v) is 8.19. The van der Waals surface area contributed by atoms with Crippen LogP contribution in [0.5, 0.6) is 0 Å². The van der Waals surface area contributed by atoms with Crippen molar-refractivity contribution in [2.45, 2.75) is 62.7 Å². The Kier molecular flexibility index (Phi) is 12.1. The number of thiol groups is 1. The molecule has 3 amide bonds. The predicted molar refractivity (Wildman–Crippen MR) is 125 cm³/mol. The number of aliphatic carboxylic acids is 2. The molecule has 0 aliphatic carbocycles. The van der Waals surface area contributed by atoms with Crippen LogP contribution >= 0.6 is 12.6 Å². The Morgan fingerprint density at radius 3 is 2.26 bits per heavy atom. The Morgan fingerprint density at radius 1 is 1.06 bits per heavy atom. The first-order chi connectivity index (χ1) is 16.0. The normalized spacial score (nSPS) is 17.8. The summed E-state index contributed by atoms with van der Waals surface area (Å²) in [5.41, 5.74) is 16.3. The fourth-order valence-corrected chi connectivity index (χ4v) is 3.66. The summed E-state index contributed by atoms with van der Waals surface area (Å²) in [6.45, 7) is 0.482. The van der Waals surface area contributed by atoms with Gasteiger partial charge in [-0.1, -0.05) is 0 Å². The summed E-state index contributed by atoms with van der Waals surface area (Å²) < 4.78 is 0. The largest absolute Gasteiger partial charge is 0.481 e. The van der Waals surface area contributed by atoms with Crippen LogP contribution in [0.4, 0.5) is 0 Å². The zero-order chi connectivity index (χ0) is 25.8. The fraction of sp³-hybridized carbons (Fsp3) is 0.684. The van der Waals surface area contributed by atoms with Gasteiger partial charge in [-0.2, -0.15) is 12.6 Å². The van der Waals surface area contributed by atoms with Crippen molar-refractivity contribution in [3.8, 4) is 0 Å². The number of nitrogens with two attached hydrogens (primary N) is 3. The predicted octanol–water partition coefficient (Wildman–Crippen LogP) is -2.79. The number of carbonyl (C=O) groups is 5. The highest BCUT2D eigenvalue weighted by Crippen LogP contribution is 2.19. The van der Waals surface area contributed by atoms with E-state index in [4.69, 9.17) is 22.3 Å². The molecular formula is C19H33N7O7S. The molecule has 14 nitrogen and oxygen atoms in total. The second kappa shape index (κ2) is 14.2. The third-order valence-corrected chi connectivity index (χ3v) is 5.57. The van der Waals surface area contributed by atoms with Gasteiger partial charge in [-0.3, -0.25) is 24.2 Å². The van der Waals surface area contributed by atoms with Crippen LogP contribution < -0.4 is 27.8 Å². The lowest BCUT2D eigenvalue weighted by molar-refractivity contribution is -0.149. The molecule has 34 heavy (non-hydrogen) atoms. The average Bonchev–Trinajstić information content (AvgIpc) is 3.26. The van der Waals surface area contributed by atoms with E-state index in [1.807, 2.05) is 0 Å². The molecule has 1 heterocycles. The van der Waals surface area contributed by atoms with E-state index in [0.29, 0.717) is 19.3 Å². The van der Waals surface area contributed by atoms with Crippen molar-refractivity contribution in [2.75, 3.05) is 18.8 Å². The molecule has 192 valence electrons. The molecule has 10 N–H and O–H groups in total. The number of aliphatic imine (C=N–C) groups is 1. The lowest BCUT2D eigenvalue weighted by atomic mass is 10.1. The van der Waals surface area contributed by atoms with Gasteiger partial charge in [-0.15, -0.1) is 0 Å². The minimum atomic E-state index is -1.28. The molecule has 0 aromatic carbocycles. The Labute approximate surface area is 202 Å². The monoisotopic (exact) mass is 503 g/mol. The van der Waals surface area contributed by atoms with E-state index < -0.39 is 60.2 Å². The number of hydrogen-bond donors (Lipinski definition) is 8. The molecule has 1 rings (SSSR count). The van der Waals surface area contributed by atoms with Gasteiger partial charge in [0.15, 0.2) is 5.96 Å². The first-order valence-corrected chi connectivity index (χ1v) is 11.4. The number of likely N-dealkylation sites (tertiary alicyclic amines) is 1. The van der Waals surface area contributed by atoms with Gasteiger partial charge in [0.25, 0.3) is 0 Å². The van der Waals surface area contributed by atoms with Gasteiger partial charge in [0.1, 0.15) is 18.1 Å². The van der Waals surface area contributed by atoms with Gasteiger partial charge in [0, 0.05) is 25.3 Å². The maximum atomic E-state index is 12.8. The molecule has 0 radical (unpaired) electrons. The molecule has 1 aliphatic heterocycles. The van der Waals surface area contributed by atoms with Crippen molar-refractivity contribution >= 4 is 48.2 Å². The van der Waals surface area contributed by atoms with E-state index in [9.17, 15) is 29.1 Å². The van der Waals surface area contributed by atoms with Gasteiger partial charge >= 0.3 is 11.9 Å².